The fraction of sp³-hybridized carbons (Fsp3) is 0.611. The first kappa shape index (κ1) is 23.0. The van der Waals surface area contributed by atoms with Crippen molar-refractivity contribution in [3.05, 3.63) is 35.4 Å². The van der Waals surface area contributed by atoms with Crippen molar-refractivity contribution in [2.75, 3.05) is 39.4 Å². The van der Waals surface area contributed by atoms with E-state index in [1.807, 2.05) is 6.92 Å². The summed E-state index contributed by atoms with van der Waals surface area (Å²) in [5, 5.41) is 6.44. The minimum absolute atomic E-state index is 0. The quantitative estimate of drug-likeness (QED) is 0.372. The Morgan fingerprint density at radius 1 is 1.23 bits per heavy atom. The third-order valence-electron chi connectivity index (χ3n) is 4.32. The zero-order valence-corrected chi connectivity index (χ0v) is 18.0. The maximum absolute atomic E-state index is 13.7. The van der Waals surface area contributed by atoms with Crippen LogP contribution in [0.1, 0.15) is 26.3 Å². The molecule has 8 heteroatoms. The summed E-state index contributed by atoms with van der Waals surface area (Å²) in [5.41, 5.74) is 0.175. The molecule has 1 heterocycles. The monoisotopic (exact) mass is 482 g/mol. The Hall–Kier alpha value is -1.00. The number of guanidine groups is 1. The Labute approximate surface area is 171 Å². The zero-order chi connectivity index (χ0) is 18.3. The van der Waals surface area contributed by atoms with Crippen LogP contribution in [0.25, 0.3) is 0 Å². The van der Waals surface area contributed by atoms with E-state index < -0.39 is 11.6 Å². The molecule has 0 amide bonds. The fourth-order valence-corrected chi connectivity index (χ4v) is 2.75. The molecule has 2 N–H and O–H groups in total. The minimum Gasteiger partial charge on any atom is -0.379 e. The molecule has 0 aromatic heterocycles. The van der Waals surface area contributed by atoms with Crippen molar-refractivity contribution < 1.29 is 13.5 Å². The highest BCUT2D eigenvalue weighted by molar-refractivity contribution is 14.0. The van der Waals surface area contributed by atoms with Gasteiger partial charge in [-0.25, -0.2) is 13.8 Å². The number of nitrogens with zero attached hydrogens (tertiary/aromatic N) is 2. The second-order valence-electron chi connectivity index (χ2n) is 6.70. The second-order valence-corrected chi connectivity index (χ2v) is 6.70. The van der Waals surface area contributed by atoms with Crippen LogP contribution in [0.5, 0.6) is 0 Å². The number of halogens is 3. The summed E-state index contributed by atoms with van der Waals surface area (Å²) in [7, 11) is 0. The van der Waals surface area contributed by atoms with Crippen LogP contribution >= 0.6 is 24.0 Å². The standard InChI is InChI=1S/C18H28F2N4O.HI/c1-4-21-17(22-12-14-11-15(19)5-6-16(14)20)23-13-18(2,3)24-7-9-25-10-8-24;/h5-6,11H,4,7-10,12-13H2,1-3H3,(H2,21,22,23);1H. The van der Waals surface area contributed by atoms with E-state index >= 15 is 0 Å². The van der Waals surface area contributed by atoms with Gasteiger partial charge in [-0.2, -0.15) is 0 Å². The third kappa shape index (κ3) is 6.96. The Morgan fingerprint density at radius 2 is 1.92 bits per heavy atom. The zero-order valence-electron chi connectivity index (χ0n) is 15.6. The smallest absolute Gasteiger partial charge is 0.191 e. The molecule has 0 bridgehead atoms. The summed E-state index contributed by atoms with van der Waals surface area (Å²) in [6.45, 7) is 11.0. The van der Waals surface area contributed by atoms with Gasteiger partial charge in [0.2, 0.25) is 0 Å². The predicted molar refractivity (Wildman–Crippen MR) is 111 cm³/mol. The lowest BCUT2D eigenvalue weighted by Gasteiger charge is -2.41. The summed E-state index contributed by atoms with van der Waals surface area (Å²) in [5.74, 6) is -0.319. The van der Waals surface area contributed by atoms with E-state index in [4.69, 9.17) is 4.74 Å². The lowest BCUT2D eigenvalue weighted by Crippen LogP contribution is -2.56. The van der Waals surface area contributed by atoms with Crippen molar-refractivity contribution in [1.29, 1.82) is 0 Å². The lowest BCUT2D eigenvalue weighted by atomic mass is 10.0. The van der Waals surface area contributed by atoms with Crippen LogP contribution in [0, 0.1) is 11.6 Å². The van der Waals surface area contributed by atoms with Crippen LogP contribution < -0.4 is 10.6 Å². The van der Waals surface area contributed by atoms with Gasteiger partial charge in [0, 0.05) is 37.3 Å². The van der Waals surface area contributed by atoms with E-state index in [-0.39, 0.29) is 41.6 Å². The van der Waals surface area contributed by atoms with Gasteiger partial charge in [0.25, 0.3) is 0 Å². The minimum atomic E-state index is -0.460. The molecule has 148 valence electrons. The number of hydrogen-bond acceptors (Lipinski definition) is 3. The van der Waals surface area contributed by atoms with E-state index in [2.05, 4.69) is 34.4 Å². The Kier molecular flexibility index (Phi) is 9.73. The number of aliphatic imine (C=N–C) groups is 1. The molecule has 26 heavy (non-hydrogen) atoms. The molecular weight excluding hydrogens is 453 g/mol. The maximum Gasteiger partial charge on any atom is 0.191 e. The molecule has 0 saturated carbocycles. The van der Waals surface area contributed by atoms with Crippen molar-refractivity contribution >= 4 is 29.9 Å². The van der Waals surface area contributed by atoms with E-state index in [9.17, 15) is 8.78 Å². The Morgan fingerprint density at radius 3 is 2.58 bits per heavy atom. The van der Waals surface area contributed by atoms with Crippen molar-refractivity contribution in [3.8, 4) is 0 Å². The number of ether oxygens (including phenoxy) is 1. The van der Waals surface area contributed by atoms with Gasteiger partial charge in [-0.15, -0.1) is 24.0 Å². The summed E-state index contributed by atoms with van der Waals surface area (Å²) in [6, 6.07) is 3.42. The average Bonchev–Trinajstić information content (AvgIpc) is 2.61. The highest BCUT2D eigenvalue weighted by Crippen LogP contribution is 2.15. The number of hydrogen-bond donors (Lipinski definition) is 2. The highest BCUT2D eigenvalue weighted by Gasteiger charge is 2.28. The van der Waals surface area contributed by atoms with Gasteiger partial charge in [-0.05, 0) is 39.0 Å². The molecule has 1 aromatic rings. The molecule has 0 unspecified atom stereocenters. The van der Waals surface area contributed by atoms with E-state index in [1.165, 1.54) is 6.07 Å². The number of morpholine rings is 1. The Bertz CT molecular complexity index is 593. The first-order chi connectivity index (χ1) is 11.9. The summed E-state index contributed by atoms with van der Waals surface area (Å²) in [6.07, 6.45) is 0. The van der Waals surface area contributed by atoms with Crippen LogP contribution in [0.4, 0.5) is 8.78 Å². The molecule has 0 radical (unpaired) electrons. The lowest BCUT2D eigenvalue weighted by molar-refractivity contribution is -0.00834. The maximum atomic E-state index is 13.7. The normalized spacial score (nSPS) is 16.1. The van der Waals surface area contributed by atoms with Gasteiger partial charge < -0.3 is 15.4 Å². The average molecular weight is 482 g/mol. The summed E-state index contributed by atoms with van der Waals surface area (Å²) >= 11 is 0. The van der Waals surface area contributed by atoms with Crippen molar-refractivity contribution in [3.63, 3.8) is 0 Å². The molecule has 2 rings (SSSR count). The van der Waals surface area contributed by atoms with Gasteiger partial charge in [0.05, 0.1) is 19.8 Å². The van der Waals surface area contributed by atoms with Gasteiger partial charge in [0.15, 0.2) is 5.96 Å². The van der Waals surface area contributed by atoms with Crippen LogP contribution in [0.15, 0.2) is 23.2 Å². The fourth-order valence-electron chi connectivity index (χ4n) is 2.75. The largest absolute Gasteiger partial charge is 0.379 e. The molecule has 0 atom stereocenters. The second kappa shape index (κ2) is 11.0. The molecule has 5 nitrogen and oxygen atoms in total. The molecule has 1 aliphatic rings. The van der Waals surface area contributed by atoms with Crippen molar-refractivity contribution in [2.45, 2.75) is 32.9 Å². The number of benzene rings is 1. The first-order valence-electron chi connectivity index (χ1n) is 8.71. The predicted octanol–water partition coefficient (Wildman–Crippen LogP) is 2.75. The number of nitrogens with one attached hydrogen (secondary N) is 2. The van der Waals surface area contributed by atoms with E-state index in [1.54, 1.807) is 0 Å². The van der Waals surface area contributed by atoms with Crippen LogP contribution in [-0.2, 0) is 11.3 Å². The number of rotatable bonds is 6. The van der Waals surface area contributed by atoms with Crippen LogP contribution in [0.3, 0.4) is 0 Å². The van der Waals surface area contributed by atoms with Gasteiger partial charge in [0.1, 0.15) is 11.6 Å². The molecular formula is C18H29F2IN4O. The topological polar surface area (TPSA) is 48.9 Å². The van der Waals surface area contributed by atoms with Gasteiger partial charge in [-0.1, -0.05) is 0 Å². The van der Waals surface area contributed by atoms with Crippen molar-refractivity contribution in [1.82, 2.24) is 15.5 Å². The van der Waals surface area contributed by atoms with Crippen LogP contribution in [0.2, 0.25) is 0 Å². The third-order valence-corrected chi connectivity index (χ3v) is 4.32. The molecule has 1 aliphatic heterocycles. The Balaban J connectivity index is 0.00000338. The summed E-state index contributed by atoms with van der Waals surface area (Å²) in [4.78, 5) is 6.75. The van der Waals surface area contributed by atoms with E-state index in [0.717, 1.165) is 38.4 Å². The molecule has 1 aromatic carbocycles. The molecule has 0 spiro atoms. The SMILES string of the molecule is CCNC(=NCc1cc(F)ccc1F)NCC(C)(C)N1CCOCC1.I. The molecule has 1 saturated heterocycles. The summed E-state index contributed by atoms with van der Waals surface area (Å²) < 4.78 is 32.4. The highest BCUT2D eigenvalue weighted by atomic mass is 127. The van der Waals surface area contributed by atoms with Gasteiger partial charge in [-0.3, -0.25) is 4.90 Å². The first-order valence-corrected chi connectivity index (χ1v) is 8.71. The van der Waals surface area contributed by atoms with E-state index in [0.29, 0.717) is 19.0 Å². The molecule has 0 aliphatic carbocycles. The van der Waals surface area contributed by atoms with Gasteiger partial charge >= 0.3 is 0 Å². The van der Waals surface area contributed by atoms with Crippen molar-refractivity contribution in [2.24, 2.45) is 4.99 Å². The van der Waals surface area contributed by atoms with Crippen LogP contribution in [-0.4, -0.2) is 55.8 Å². The molecule has 1 fully saturated rings.